The predicted octanol–water partition coefficient (Wildman–Crippen LogP) is 1.50. The maximum atomic E-state index is 11.9. The second-order valence-electron chi connectivity index (χ2n) is 5.05. The van der Waals surface area contributed by atoms with Gasteiger partial charge in [0.05, 0.1) is 11.7 Å². The molecule has 1 aliphatic rings. The molecule has 2 rings (SSSR count). The van der Waals surface area contributed by atoms with Crippen LogP contribution in [0.4, 0.5) is 5.69 Å². The van der Waals surface area contributed by atoms with Crippen molar-refractivity contribution in [2.24, 2.45) is 0 Å². The van der Waals surface area contributed by atoms with Crippen molar-refractivity contribution in [2.45, 2.75) is 18.9 Å². The van der Waals surface area contributed by atoms with Crippen LogP contribution >= 0.6 is 0 Å². The predicted molar refractivity (Wildman–Crippen MR) is 82.7 cm³/mol. The number of carboxylic acid groups (broad SMARTS) is 1. The number of nitrogens with zero attached hydrogens (tertiary/aromatic N) is 1. The van der Waals surface area contributed by atoms with Crippen molar-refractivity contribution < 1.29 is 19.4 Å². The number of carboxylic acids is 1. The number of hydrogen-bond acceptors (Lipinski definition) is 5. The molecule has 1 aromatic rings. The highest BCUT2D eigenvalue weighted by Crippen LogP contribution is 2.12. The summed E-state index contributed by atoms with van der Waals surface area (Å²) in [5.41, 5.74) is 0.498. The summed E-state index contributed by atoms with van der Waals surface area (Å²) < 4.78 is 5.39. The normalized spacial score (nSPS) is 17.3. The molecular weight excluding hydrogens is 298 g/mol. The Bertz CT molecular complexity index is 658. The molecule has 1 unspecified atom stereocenters. The molecule has 0 saturated carbocycles. The molecule has 0 bridgehead atoms. The molecule has 1 amide bonds. The van der Waals surface area contributed by atoms with E-state index < -0.39 is 11.9 Å². The molecule has 0 aromatic heterocycles. The Labute approximate surface area is 133 Å². The van der Waals surface area contributed by atoms with Gasteiger partial charge >= 0.3 is 5.97 Å². The van der Waals surface area contributed by atoms with E-state index in [1.165, 1.54) is 18.3 Å². The Balaban J connectivity index is 1.95. The highest BCUT2D eigenvalue weighted by atomic mass is 16.5. The Hall–Kier alpha value is -2.85. The summed E-state index contributed by atoms with van der Waals surface area (Å²) in [6, 6.07) is 7.90. The second-order valence-corrected chi connectivity index (χ2v) is 5.05. The molecule has 1 aromatic carbocycles. The van der Waals surface area contributed by atoms with Crippen LogP contribution in [0.5, 0.6) is 0 Å². The van der Waals surface area contributed by atoms with Gasteiger partial charge in [0.2, 0.25) is 0 Å². The van der Waals surface area contributed by atoms with Gasteiger partial charge in [0.15, 0.2) is 0 Å². The number of nitrogens with one attached hydrogen (secondary N) is 2. The number of amides is 1. The molecule has 7 nitrogen and oxygen atoms in total. The van der Waals surface area contributed by atoms with Gasteiger partial charge in [0.1, 0.15) is 11.6 Å². The first-order valence-electron chi connectivity index (χ1n) is 7.20. The summed E-state index contributed by atoms with van der Waals surface area (Å²) in [6.45, 7) is 1.06. The number of ether oxygens (including phenoxy) is 1. The first kappa shape index (κ1) is 16.5. The van der Waals surface area contributed by atoms with Crippen LogP contribution in [0, 0.1) is 11.3 Å². The van der Waals surface area contributed by atoms with Crippen LogP contribution in [0.25, 0.3) is 0 Å². The minimum absolute atomic E-state index is 0.000833. The Morgan fingerprint density at radius 3 is 2.96 bits per heavy atom. The molecule has 3 N–H and O–H groups in total. The van der Waals surface area contributed by atoms with E-state index in [2.05, 4.69) is 10.6 Å². The van der Waals surface area contributed by atoms with Crippen molar-refractivity contribution in [3.63, 3.8) is 0 Å². The lowest BCUT2D eigenvalue weighted by atomic mass is 10.2. The molecule has 1 fully saturated rings. The van der Waals surface area contributed by atoms with E-state index in [0.717, 1.165) is 12.8 Å². The standard InChI is InChI=1S/C16H17N3O4/c17-8-12(15(20)19-10-14-5-2-6-23-14)9-18-13-4-1-3-11(7-13)16(21)22/h1,3-4,7,9,14,18H,2,5-6,10H2,(H,19,20)(H,21,22)/b12-9-. The fourth-order valence-corrected chi connectivity index (χ4v) is 2.15. The summed E-state index contributed by atoms with van der Waals surface area (Å²) in [4.78, 5) is 22.8. The maximum Gasteiger partial charge on any atom is 0.335 e. The van der Waals surface area contributed by atoms with Gasteiger partial charge in [0.25, 0.3) is 5.91 Å². The van der Waals surface area contributed by atoms with E-state index in [9.17, 15) is 9.59 Å². The third-order valence-electron chi connectivity index (χ3n) is 3.37. The molecule has 7 heteroatoms. The minimum atomic E-state index is -1.05. The van der Waals surface area contributed by atoms with E-state index in [0.29, 0.717) is 18.8 Å². The zero-order chi connectivity index (χ0) is 16.7. The third-order valence-corrected chi connectivity index (χ3v) is 3.37. The minimum Gasteiger partial charge on any atom is -0.478 e. The Kier molecular flexibility index (Phi) is 5.72. The number of carbonyl (C=O) groups excluding carboxylic acids is 1. The molecule has 0 aliphatic carbocycles. The quantitative estimate of drug-likeness (QED) is 0.542. The van der Waals surface area contributed by atoms with Crippen molar-refractivity contribution in [1.82, 2.24) is 5.32 Å². The molecule has 0 spiro atoms. The number of benzene rings is 1. The zero-order valence-electron chi connectivity index (χ0n) is 12.4. The van der Waals surface area contributed by atoms with Gasteiger partial charge in [-0.3, -0.25) is 4.79 Å². The number of hydrogen-bond donors (Lipinski definition) is 3. The van der Waals surface area contributed by atoms with Gasteiger partial charge in [0, 0.05) is 25.0 Å². The smallest absolute Gasteiger partial charge is 0.335 e. The molecular formula is C16H17N3O4. The van der Waals surface area contributed by atoms with Crippen LogP contribution in [-0.4, -0.2) is 36.2 Å². The van der Waals surface area contributed by atoms with Gasteiger partial charge in [-0.25, -0.2) is 4.79 Å². The lowest BCUT2D eigenvalue weighted by Gasteiger charge is -2.10. The van der Waals surface area contributed by atoms with Gasteiger partial charge in [-0.15, -0.1) is 0 Å². The van der Waals surface area contributed by atoms with E-state index in [1.54, 1.807) is 12.1 Å². The van der Waals surface area contributed by atoms with E-state index in [1.807, 2.05) is 6.07 Å². The highest BCUT2D eigenvalue weighted by Gasteiger charge is 2.17. The van der Waals surface area contributed by atoms with Gasteiger partial charge < -0.3 is 20.5 Å². The van der Waals surface area contributed by atoms with Crippen molar-refractivity contribution in [1.29, 1.82) is 5.26 Å². The van der Waals surface area contributed by atoms with Crippen LogP contribution in [0.15, 0.2) is 36.0 Å². The van der Waals surface area contributed by atoms with Gasteiger partial charge in [-0.1, -0.05) is 6.07 Å². The third kappa shape index (κ3) is 4.83. The summed E-state index contributed by atoms with van der Waals surface area (Å²) in [7, 11) is 0. The summed E-state index contributed by atoms with van der Waals surface area (Å²) >= 11 is 0. The lowest BCUT2D eigenvalue weighted by Crippen LogP contribution is -2.32. The van der Waals surface area contributed by atoms with Crippen molar-refractivity contribution in [2.75, 3.05) is 18.5 Å². The van der Waals surface area contributed by atoms with E-state index in [-0.39, 0.29) is 17.2 Å². The van der Waals surface area contributed by atoms with Crippen LogP contribution in [0.1, 0.15) is 23.2 Å². The average molecular weight is 315 g/mol. The van der Waals surface area contributed by atoms with Crippen LogP contribution in [0.2, 0.25) is 0 Å². The molecule has 1 heterocycles. The molecule has 0 radical (unpaired) electrons. The number of anilines is 1. The molecule has 23 heavy (non-hydrogen) atoms. The Morgan fingerprint density at radius 2 is 2.30 bits per heavy atom. The van der Waals surface area contributed by atoms with E-state index >= 15 is 0 Å². The molecule has 1 saturated heterocycles. The summed E-state index contributed by atoms with van der Waals surface area (Å²) in [5, 5.41) is 23.4. The molecule has 1 aliphatic heterocycles. The first-order chi connectivity index (χ1) is 11.1. The zero-order valence-corrected chi connectivity index (χ0v) is 12.4. The lowest BCUT2D eigenvalue weighted by molar-refractivity contribution is -0.117. The molecule has 120 valence electrons. The summed E-state index contributed by atoms with van der Waals surface area (Å²) in [5.74, 6) is -1.54. The number of carbonyl (C=O) groups is 2. The summed E-state index contributed by atoms with van der Waals surface area (Å²) in [6.07, 6.45) is 3.13. The second kappa shape index (κ2) is 7.96. The SMILES string of the molecule is N#C/C(=C/Nc1cccc(C(=O)O)c1)C(=O)NCC1CCCO1. The van der Waals surface area contributed by atoms with Gasteiger partial charge in [-0.2, -0.15) is 5.26 Å². The average Bonchev–Trinajstić information content (AvgIpc) is 3.07. The highest BCUT2D eigenvalue weighted by molar-refractivity contribution is 5.97. The fourth-order valence-electron chi connectivity index (χ4n) is 2.15. The topological polar surface area (TPSA) is 111 Å². The molecule has 1 atom stereocenters. The maximum absolute atomic E-state index is 11.9. The van der Waals surface area contributed by atoms with Crippen molar-refractivity contribution >= 4 is 17.6 Å². The van der Waals surface area contributed by atoms with Gasteiger partial charge in [-0.05, 0) is 31.0 Å². The van der Waals surface area contributed by atoms with Crippen LogP contribution < -0.4 is 10.6 Å². The number of rotatable bonds is 6. The largest absolute Gasteiger partial charge is 0.478 e. The van der Waals surface area contributed by atoms with Crippen molar-refractivity contribution in [3.8, 4) is 6.07 Å². The Morgan fingerprint density at radius 1 is 1.48 bits per heavy atom. The van der Waals surface area contributed by atoms with Crippen LogP contribution in [-0.2, 0) is 9.53 Å². The van der Waals surface area contributed by atoms with Crippen molar-refractivity contribution in [3.05, 3.63) is 41.6 Å². The number of nitriles is 1. The fraction of sp³-hybridized carbons (Fsp3) is 0.312. The van der Waals surface area contributed by atoms with E-state index in [4.69, 9.17) is 15.1 Å². The number of aromatic carboxylic acids is 1. The monoisotopic (exact) mass is 315 g/mol. The van der Waals surface area contributed by atoms with Crippen LogP contribution in [0.3, 0.4) is 0 Å². The first-order valence-corrected chi connectivity index (χ1v) is 7.20.